The molecule has 0 bridgehead atoms. The van der Waals surface area contributed by atoms with Crippen molar-refractivity contribution in [3.63, 3.8) is 0 Å². The third-order valence-electron chi connectivity index (χ3n) is 5.89. The fraction of sp³-hybridized carbons (Fsp3) is 0.333. The number of aromatic carboxylic acids is 1. The highest BCUT2D eigenvalue weighted by Gasteiger charge is 2.24. The van der Waals surface area contributed by atoms with Crippen LogP contribution in [0.3, 0.4) is 0 Å². The second-order valence-electron chi connectivity index (χ2n) is 7.93. The van der Waals surface area contributed by atoms with Crippen LogP contribution >= 0.6 is 11.6 Å². The molecular formula is C24H24ClFN2O3. The van der Waals surface area contributed by atoms with Crippen molar-refractivity contribution in [3.05, 3.63) is 69.6 Å². The van der Waals surface area contributed by atoms with E-state index in [1.807, 2.05) is 13.8 Å². The molecule has 2 aromatic carbocycles. The zero-order chi connectivity index (χ0) is 22.1. The summed E-state index contributed by atoms with van der Waals surface area (Å²) >= 11 is 6.69. The van der Waals surface area contributed by atoms with Crippen LogP contribution in [0, 0.1) is 12.7 Å². The molecule has 31 heavy (non-hydrogen) atoms. The number of para-hydroxylation sites is 1. The van der Waals surface area contributed by atoms with Crippen molar-refractivity contribution >= 4 is 34.2 Å². The number of rotatable bonds is 5. The number of ether oxygens (including phenoxy) is 1. The Kier molecular flexibility index (Phi) is 6.12. The van der Waals surface area contributed by atoms with Crippen LogP contribution in [0.4, 0.5) is 10.1 Å². The van der Waals surface area contributed by atoms with Crippen molar-refractivity contribution in [3.8, 4) is 0 Å². The summed E-state index contributed by atoms with van der Waals surface area (Å²) in [7, 11) is 0. The molecule has 1 atom stereocenters. The SMILES string of the molecule is Cc1c(C2CCOCC2)nc2c(C(C)Nc3ccccc3C(=O)O)cc(F)cc2c1Cl. The zero-order valence-electron chi connectivity index (χ0n) is 17.4. The second kappa shape index (κ2) is 8.81. The summed E-state index contributed by atoms with van der Waals surface area (Å²) in [5.74, 6) is -1.20. The van der Waals surface area contributed by atoms with Gasteiger partial charge in [-0.2, -0.15) is 0 Å². The molecule has 1 aliphatic rings. The highest BCUT2D eigenvalue weighted by atomic mass is 35.5. The number of halogens is 2. The third kappa shape index (κ3) is 4.23. The van der Waals surface area contributed by atoms with E-state index < -0.39 is 17.8 Å². The number of nitrogens with zero attached hydrogens (tertiary/aromatic N) is 1. The van der Waals surface area contributed by atoms with Gasteiger partial charge in [0.2, 0.25) is 0 Å². The number of nitrogens with one attached hydrogen (secondary N) is 1. The first-order valence-electron chi connectivity index (χ1n) is 10.3. The minimum absolute atomic E-state index is 0.153. The standard InChI is InChI=1S/C24H24ClFN2O3/c1-13-21(25)19-12-16(26)11-18(23(19)28-22(13)15-7-9-31-10-8-15)14(2)27-20-6-4-3-5-17(20)24(29)30/h3-6,11-12,14-15,27H,7-10H2,1-2H3,(H,29,30). The minimum Gasteiger partial charge on any atom is -0.478 e. The Hall–Kier alpha value is -2.70. The van der Waals surface area contributed by atoms with E-state index in [2.05, 4.69) is 5.32 Å². The third-order valence-corrected chi connectivity index (χ3v) is 6.38. The van der Waals surface area contributed by atoms with Gasteiger partial charge in [-0.3, -0.25) is 4.98 Å². The lowest BCUT2D eigenvalue weighted by atomic mass is 9.91. The number of hydrogen-bond donors (Lipinski definition) is 2. The monoisotopic (exact) mass is 442 g/mol. The van der Waals surface area contributed by atoms with Gasteiger partial charge in [0.15, 0.2) is 0 Å². The molecule has 0 aliphatic carbocycles. The number of aromatic nitrogens is 1. The van der Waals surface area contributed by atoms with Gasteiger partial charge in [-0.1, -0.05) is 23.7 Å². The molecule has 2 N–H and O–H groups in total. The molecule has 0 radical (unpaired) electrons. The molecule has 1 unspecified atom stereocenters. The molecule has 2 heterocycles. The largest absolute Gasteiger partial charge is 0.478 e. The molecule has 1 saturated heterocycles. The van der Waals surface area contributed by atoms with Crippen LogP contribution in [0.15, 0.2) is 36.4 Å². The maximum absolute atomic E-state index is 14.5. The summed E-state index contributed by atoms with van der Waals surface area (Å²) in [5, 5.41) is 13.7. The molecule has 4 rings (SSSR count). The Bertz CT molecular complexity index is 1150. The summed E-state index contributed by atoms with van der Waals surface area (Å²) in [4.78, 5) is 16.5. The van der Waals surface area contributed by atoms with E-state index in [1.165, 1.54) is 18.2 Å². The molecule has 7 heteroatoms. The van der Waals surface area contributed by atoms with Gasteiger partial charge in [-0.25, -0.2) is 9.18 Å². The van der Waals surface area contributed by atoms with Crippen molar-refractivity contribution in [2.24, 2.45) is 0 Å². The molecule has 5 nitrogen and oxygen atoms in total. The summed E-state index contributed by atoms with van der Waals surface area (Å²) < 4.78 is 20.0. The van der Waals surface area contributed by atoms with Gasteiger partial charge in [-0.15, -0.1) is 0 Å². The van der Waals surface area contributed by atoms with E-state index >= 15 is 0 Å². The van der Waals surface area contributed by atoms with E-state index in [4.69, 9.17) is 21.3 Å². The number of carboxylic acid groups (broad SMARTS) is 1. The van der Waals surface area contributed by atoms with Crippen LogP contribution in [-0.4, -0.2) is 29.3 Å². The van der Waals surface area contributed by atoms with Gasteiger partial charge in [0.05, 0.1) is 22.1 Å². The lowest BCUT2D eigenvalue weighted by molar-refractivity contribution is 0.0698. The Morgan fingerprint density at radius 2 is 2.00 bits per heavy atom. The predicted octanol–water partition coefficient (Wildman–Crippen LogP) is 6.10. The average molecular weight is 443 g/mol. The van der Waals surface area contributed by atoms with Crippen molar-refractivity contribution < 1.29 is 19.0 Å². The second-order valence-corrected chi connectivity index (χ2v) is 8.31. The number of pyridine rings is 1. The first-order chi connectivity index (χ1) is 14.9. The zero-order valence-corrected chi connectivity index (χ0v) is 18.2. The van der Waals surface area contributed by atoms with Gasteiger partial charge in [0, 0.05) is 41.5 Å². The maximum atomic E-state index is 14.5. The van der Waals surface area contributed by atoms with E-state index in [0.29, 0.717) is 40.4 Å². The van der Waals surface area contributed by atoms with Gasteiger partial charge < -0.3 is 15.2 Å². The van der Waals surface area contributed by atoms with Crippen LogP contribution in [0.25, 0.3) is 10.9 Å². The molecule has 1 aromatic heterocycles. The van der Waals surface area contributed by atoms with Gasteiger partial charge >= 0.3 is 5.97 Å². The summed E-state index contributed by atoms with van der Waals surface area (Å²) in [5.41, 5.74) is 3.67. The predicted molar refractivity (Wildman–Crippen MR) is 120 cm³/mol. The summed E-state index contributed by atoms with van der Waals surface area (Å²) in [6.45, 7) is 5.15. The number of hydrogen-bond acceptors (Lipinski definition) is 4. The average Bonchev–Trinajstić information content (AvgIpc) is 2.77. The van der Waals surface area contributed by atoms with Crippen LogP contribution in [0.5, 0.6) is 0 Å². The number of carboxylic acids is 1. The Morgan fingerprint density at radius 3 is 2.71 bits per heavy atom. The lowest BCUT2D eigenvalue weighted by Gasteiger charge is -2.25. The summed E-state index contributed by atoms with van der Waals surface area (Å²) in [6.07, 6.45) is 1.73. The van der Waals surface area contributed by atoms with Gasteiger partial charge in [0.25, 0.3) is 0 Å². The lowest BCUT2D eigenvalue weighted by Crippen LogP contribution is -2.17. The van der Waals surface area contributed by atoms with Gasteiger partial charge in [0.1, 0.15) is 5.82 Å². The summed E-state index contributed by atoms with van der Waals surface area (Å²) in [6, 6.07) is 9.10. The van der Waals surface area contributed by atoms with Crippen LogP contribution in [0.2, 0.25) is 5.02 Å². The molecular weight excluding hydrogens is 419 g/mol. The van der Waals surface area contributed by atoms with Crippen molar-refractivity contribution in [2.75, 3.05) is 18.5 Å². The molecule has 0 amide bonds. The first kappa shape index (κ1) is 21.5. The Morgan fingerprint density at radius 1 is 1.29 bits per heavy atom. The maximum Gasteiger partial charge on any atom is 0.337 e. The van der Waals surface area contributed by atoms with Crippen LogP contribution in [0.1, 0.15) is 58.9 Å². The van der Waals surface area contributed by atoms with Crippen LogP contribution in [-0.2, 0) is 4.74 Å². The number of anilines is 1. The molecule has 0 spiro atoms. The molecule has 3 aromatic rings. The fourth-order valence-corrected chi connectivity index (χ4v) is 4.48. The number of carbonyl (C=O) groups is 1. The van der Waals surface area contributed by atoms with Gasteiger partial charge in [-0.05, 0) is 56.5 Å². The van der Waals surface area contributed by atoms with E-state index in [-0.39, 0.29) is 11.5 Å². The smallest absolute Gasteiger partial charge is 0.337 e. The fourth-order valence-electron chi connectivity index (χ4n) is 4.24. The number of fused-ring (bicyclic) bond motifs is 1. The van der Waals surface area contributed by atoms with Crippen molar-refractivity contribution in [2.45, 2.75) is 38.6 Å². The normalized spacial score (nSPS) is 15.7. The highest BCUT2D eigenvalue weighted by Crippen LogP contribution is 2.38. The molecule has 1 aliphatic heterocycles. The van der Waals surface area contributed by atoms with Crippen LogP contribution < -0.4 is 5.32 Å². The molecule has 162 valence electrons. The molecule has 0 saturated carbocycles. The topological polar surface area (TPSA) is 71.5 Å². The minimum atomic E-state index is -1.03. The van der Waals surface area contributed by atoms with E-state index in [0.717, 1.165) is 24.1 Å². The van der Waals surface area contributed by atoms with E-state index in [9.17, 15) is 14.3 Å². The van der Waals surface area contributed by atoms with Crippen molar-refractivity contribution in [1.82, 2.24) is 4.98 Å². The highest BCUT2D eigenvalue weighted by molar-refractivity contribution is 6.36. The Labute approximate surface area is 185 Å². The first-order valence-corrected chi connectivity index (χ1v) is 10.7. The molecule has 1 fully saturated rings. The van der Waals surface area contributed by atoms with Crippen molar-refractivity contribution in [1.29, 1.82) is 0 Å². The Balaban J connectivity index is 1.81. The number of benzene rings is 2. The quantitative estimate of drug-likeness (QED) is 0.499. The van der Waals surface area contributed by atoms with E-state index in [1.54, 1.807) is 18.2 Å².